The number of nitrogens with one attached hydrogen (secondary N) is 1. The first-order valence-corrected chi connectivity index (χ1v) is 6.48. The van der Waals surface area contributed by atoms with E-state index in [0.717, 1.165) is 25.7 Å². The number of rotatable bonds is 6. The van der Waals surface area contributed by atoms with Gasteiger partial charge in [0.05, 0.1) is 6.61 Å². The van der Waals surface area contributed by atoms with Gasteiger partial charge in [-0.1, -0.05) is 37.3 Å². The Labute approximate surface area is 104 Å². The zero-order chi connectivity index (χ0) is 12.1. The Balaban J connectivity index is 1.62. The van der Waals surface area contributed by atoms with Crippen molar-refractivity contribution >= 4 is 0 Å². The summed E-state index contributed by atoms with van der Waals surface area (Å²) in [6.07, 6.45) is 2.59. The molecule has 0 unspecified atom stereocenters. The summed E-state index contributed by atoms with van der Waals surface area (Å²) >= 11 is 0. The number of hydrogen-bond acceptors (Lipinski definition) is 2. The summed E-state index contributed by atoms with van der Waals surface area (Å²) in [4.78, 5) is 0. The summed E-state index contributed by atoms with van der Waals surface area (Å²) in [6, 6.07) is 10.4. The maximum atomic E-state index is 5.77. The molecular formula is C15H23NO. The Morgan fingerprint density at radius 2 is 2.00 bits per heavy atom. The van der Waals surface area contributed by atoms with Gasteiger partial charge in [-0.05, 0) is 36.8 Å². The summed E-state index contributed by atoms with van der Waals surface area (Å²) in [7, 11) is 2.03. The first-order valence-electron chi connectivity index (χ1n) is 6.48. The molecule has 2 nitrogen and oxygen atoms in total. The van der Waals surface area contributed by atoms with E-state index in [-0.39, 0.29) is 0 Å². The highest BCUT2D eigenvalue weighted by molar-refractivity contribution is 5.13. The molecule has 0 amide bonds. The lowest BCUT2D eigenvalue weighted by molar-refractivity contribution is -0.00708. The molecule has 1 N–H and O–H groups in total. The second kappa shape index (κ2) is 5.65. The minimum absolute atomic E-state index is 0.509. The molecule has 1 aromatic rings. The van der Waals surface area contributed by atoms with Crippen molar-refractivity contribution in [1.82, 2.24) is 5.32 Å². The lowest BCUT2D eigenvalue weighted by Crippen LogP contribution is -2.43. The van der Waals surface area contributed by atoms with Crippen LogP contribution in [0.3, 0.4) is 0 Å². The third-order valence-corrected chi connectivity index (χ3v) is 3.63. The van der Waals surface area contributed by atoms with Crippen molar-refractivity contribution in [1.29, 1.82) is 0 Å². The van der Waals surface area contributed by atoms with Gasteiger partial charge in [0.25, 0.3) is 0 Å². The maximum Gasteiger partial charge on any atom is 0.0717 e. The molecular weight excluding hydrogens is 210 g/mol. The van der Waals surface area contributed by atoms with E-state index in [2.05, 4.69) is 36.5 Å². The van der Waals surface area contributed by atoms with E-state index in [1.54, 1.807) is 0 Å². The Hall–Kier alpha value is -0.860. The summed E-state index contributed by atoms with van der Waals surface area (Å²) in [6.45, 7) is 5.15. The number of ether oxygens (including phenoxy) is 1. The minimum atomic E-state index is 0.509. The van der Waals surface area contributed by atoms with E-state index in [4.69, 9.17) is 4.74 Å². The third-order valence-electron chi connectivity index (χ3n) is 3.63. The molecule has 0 heterocycles. The summed E-state index contributed by atoms with van der Waals surface area (Å²) in [5.74, 6) is 0.761. The molecule has 2 heteroatoms. The molecule has 0 aromatic heterocycles. The highest BCUT2D eigenvalue weighted by Crippen LogP contribution is 2.44. The molecule has 0 saturated heterocycles. The van der Waals surface area contributed by atoms with Crippen LogP contribution in [0.15, 0.2) is 30.3 Å². The fourth-order valence-corrected chi connectivity index (χ4v) is 2.94. The quantitative estimate of drug-likeness (QED) is 0.816. The van der Waals surface area contributed by atoms with Gasteiger partial charge in [0, 0.05) is 13.2 Å². The number of benzene rings is 1. The van der Waals surface area contributed by atoms with Gasteiger partial charge in [0.1, 0.15) is 0 Å². The van der Waals surface area contributed by atoms with Gasteiger partial charge >= 0.3 is 0 Å². The van der Waals surface area contributed by atoms with Crippen LogP contribution in [0.4, 0.5) is 0 Å². The molecule has 0 atom stereocenters. The van der Waals surface area contributed by atoms with E-state index >= 15 is 0 Å². The van der Waals surface area contributed by atoms with Gasteiger partial charge in [-0.3, -0.25) is 0 Å². The highest BCUT2D eigenvalue weighted by Gasteiger charge is 2.39. The molecule has 1 fully saturated rings. The second-order valence-corrected chi connectivity index (χ2v) is 5.62. The molecule has 94 valence electrons. The molecule has 1 aromatic carbocycles. The molecule has 0 spiro atoms. The zero-order valence-electron chi connectivity index (χ0n) is 10.9. The maximum absolute atomic E-state index is 5.77. The molecule has 0 radical (unpaired) electrons. The van der Waals surface area contributed by atoms with Crippen molar-refractivity contribution in [2.75, 3.05) is 20.2 Å². The van der Waals surface area contributed by atoms with Gasteiger partial charge in [-0.2, -0.15) is 0 Å². The van der Waals surface area contributed by atoms with Crippen LogP contribution in [0.25, 0.3) is 0 Å². The Kier molecular flexibility index (Phi) is 4.19. The van der Waals surface area contributed by atoms with E-state index in [1.807, 2.05) is 13.1 Å². The van der Waals surface area contributed by atoms with E-state index < -0.39 is 0 Å². The predicted molar refractivity (Wildman–Crippen MR) is 70.9 cm³/mol. The fraction of sp³-hybridized carbons (Fsp3) is 0.600. The number of hydrogen-bond donors (Lipinski definition) is 1. The summed E-state index contributed by atoms with van der Waals surface area (Å²) in [5.41, 5.74) is 1.78. The zero-order valence-corrected chi connectivity index (χ0v) is 10.9. The SMILES string of the molecule is CNCC1(C)CC(COCc2ccccc2)C1. The van der Waals surface area contributed by atoms with Crippen molar-refractivity contribution in [2.24, 2.45) is 11.3 Å². The lowest BCUT2D eigenvalue weighted by atomic mass is 9.63. The standard InChI is InChI=1S/C15H23NO/c1-15(12-16-2)8-14(9-15)11-17-10-13-6-4-3-5-7-13/h3-7,14,16H,8-12H2,1-2H3. The summed E-state index contributed by atoms with van der Waals surface area (Å²) in [5, 5.41) is 3.27. The van der Waals surface area contributed by atoms with Gasteiger partial charge < -0.3 is 10.1 Å². The molecule has 1 saturated carbocycles. The Bertz CT molecular complexity index is 330. The molecule has 0 aliphatic heterocycles. The summed E-state index contributed by atoms with van der Waals surface area (Å²) < 4.78 is 5.77. The van der Waals surface area contributed by atoms with Crippen LogP contribution in [-0.2, 0) is 11.3 Å². The van der Waals surface area contributed by atoms with Gasteiger partial charge in [-0.15, -0.1) is 0 Å². The van der Waals surface area contributed by atoms with Crippen molar-refractivity contribution < 1.29 is 4.74 Å². The van der Waals surface area contributed by atoms with E-state index in [0.29, 0.717) is 5.41 Å². The molecule has 1 aliphatic carbocycles. The first-order chi connectivity index (χ1) is 8.22. The third kappa shape index (κ3) is 3.55. The van der Waals surface area contributed by atoms with Crippen molar-refractivity contribution in [3.05, 3.63) is 35.9 Å². The predicted octanol–water partition coefficient (Wildman–Crippen LogP) is 2.84. The minimum Gasteiger partial charge on any atom is -0.376 e. The van der Waals surface area contributed by atoms with Gasteiger partial charge in [0.15, 0.2) is 0 Å². The Morgan fingerprint density at radius 1 is 1.29 bits per heavy atom. The Morgan fingerprint density at radius 3 is 2.65 bits per heavy atom. The largest absolute Gasteiger partial charge is 0.376 e. The van der Waals surface area contributed by atoms with Crippen LogP contribution in [-0.4, -0.2) is 20.2 Å². The molecule has 17 heavy (non-hydrogen) atoms. The van der Waals surface area contributed by atoms with Crippen LogP contribution >= 0.6 is 0 Å². The van der Waals surface area contributed by atoms with Crippen LogP contribution in [0.2, 0.25) is 0 Å². The molecule has 0 bridgehead atoms. The van der Waals surface area contributed by atoms with Crippen LogP contribution in [0, 0.1) is 11.3 Å². The molecule has 1 aliphatic rings. The van der Waals surface area contributed by atoms with Crippen molar-refractivity contribution in [3.63, 3.8) is 0 Å². The molecule has 2 rings (SSSR count). The van der Waals surface area contributed by atoms with E-state index in [1.165, 1.54) is 18.4 Å². The monoisotopic (exact) mass is 233 g/mol. The van der Waals surface area contributed by atoms with Crippen LogP contribution in [0.5, 0.6) is 0 Å². The van der Waals surface area contributed by atoms with Gasteiger partial charge in [0.2, 0.25) is 0 Å². The first kappa shape index (κ1) is 12.6. The van der Waals surface area contributed by atoms with Crippen molar-refractivity contribution in [3.8, 4) is 0 Å². The van der Waals surface area contributed by atoms with Crippen LogP contribution in [0.1, 0.15) is 25.3 Å². The van der Waals surface area contributed by atoms with E-state index in [9.17, 15) is 0 Å². The van der Waals surface area contributed by atoms with Crippen LogP contribution < -0.4 is 5.32 Å². The smallest absolute Gasteiger partial charge is 0.0717 e. The average molecular weight is 233 g/mol. The fourth-order valence-electron chi connectivity index (χ4n) is 2.94. The second-order valence-electron chi connectivity index (χ2n) is 5.62. The average Bonchev–Trinajstić information content (AvgIpc) is 2.28. The highest BCUT2D eigenvalue weighted by atomic mass is 16.5. The topological polar surface area (TPSA) is 21.3 Å². The van der Waals surface area contributed by atoms with Gasteiger partial charge in [-0.25, -0.2) is 0 Å². The normalized spacial score (nSPS) is 27.8. The van der Waals surface area contributed by atoms with Crippen molar-refractivity contribution in [2.45, 2.75) is 26.4 Å². The lowest BCUT2D eigenvalue weighted by Gasteiger charge is -2.45.